The predicted molar refractivity (Wildman–Crippen MR) is 112 cm³/mol. The third-order valence-electron chi connectivity index (χ3n) is 5.69. The number of ether oxygens (including phenoxy) is 1. The Bertz CT molecular complexity index is 1040. The number of aryl methyl sites for hydroxylation is 1. The Kier molecular flexibility index (Phi) is 5.09. The number of methoxy groups -OCH3 is 1. The van der Waals surface area contributed by atoms with E-state index in [1.165, 1.54) is 7.11 Å². The summed E-state index contributed by atoms with van der Waals surface area (Å²) in [6.45, 7) is 1.93. The molecule has 150 valence electrons. The number of aromatic hydroxyl groups is 1. The SMILES string of the molecule is COc1cc(C2CC(=O)N(c3cc(Cl)ccc3C)C3=C2C(=O)CCC3)ccc1O. The van der Waals surface area contributed by atoms with Gasteiger partial charge in [-0.2, -0.15) is 0 Å². The first kappa shape index (κ1) is 19.5. The summed E-state index contributed by atoms with van der Waals surface area (Å²) >= 11 is 6.20. The Morgan fingerprint density at radius 3 is 2.69 bits per heavy atom. The van der Waals surface area contributed by atoms with Crippen molar-refractivity contribution in [1.82, 2.24) is 0 Å². The monoisotopic (exact) mass is 411 g/mol. The zero-order valence-electron chi connectivity index (χ0n) is 16.4. The predicted octanol–water partition coefficient (Wildman–Crippen LogP) is 4.89. The molecule has 0 spiro atoms. The molecule has 6 heteroatoms. The van der Waals surface area contributed by atoms with Crippen molar-refractivity contribution >= 4 is 29.0 Å². The van der Waals surface area contributed by atoms with Gasteiger partial charge in [0.15, 0.2) is 17.3 Å². The number of allylic oxidation sites excluding steroid dienone is 2. The normalized spacial score (nSPS) is 19.4. The molecule has 29 heavy (non-hydrogen) atoms. The third-order valence-corrected chi connectivity index (χ3v) is 5.93. The number of nitrogens with zero attached hydrogens (tertiary/aromatic N) is 1. The minimum atomic E-state index is -0.351. The van der Waals surface area contributed by atoms with E-state index in [0.717, 1.165) is 22.5 Å². The van der Waals surface area contributed by atoms with Crippen molar-refractivity contribution in [3.63, 3.8) is 0 Å². The molecule has 1 unspecified atom stereocenters. The van der Waals surface area contributed by atoms with Crippen LogP contribution in [0.3, 0.4) is 0 Å². The molecule has 0 radical (unpaired) electrons. The number of rotatable bonds is 3. The average Bonchev–Trinajstić information content (AvgIpc) is 2.70. The second kappa shape index (κ2) is 7.56. The van der Waals surface area contributed by atoms with Gasteiger partial charge in [0.25, 0.3) is 0 Å². The molecule has 1 heterocycles. The standard InChI is InChI=1S/C23H22ClNO4/c1-13-6-8-15(24)11-18(13)25-17-4-3-5-20(27)23(17)16(12-22(25)28)14-7-9-19(26)21(10-14)29-2/h6-11,16,26H,3-5,12H2,1-2H3. The molecular formula is C23H22ClNO4. The van der Waals surface area contributed by atoms with Crippen LogP contribution < -0.4 is 9.64 Å². The maximum Gasteiger partial charge on any atom is 0.232 e. The summed E-state index contributed by atoms with van der Waals surface area (Å²) in [5.41, 5.74) is 3.89. The summed E-state index contributed by atoms with van der Waals surface area (Å²) in [6, 6.07) is 10.5. The fourth-order valence-electron chi connectivity index (χ4n) is 4.29. The molecule has 0 saturated heterocycles. The molecule has 0 fully saturated rings. The summed E-state index contributed by atoms with van der Waals surface area (Å²) < 4.78 is 5.22. The summed E-state index contributed by atoms with van der Waals surface area (Å²) in [7, 11) is 1.48. The molecule has 2 aliphatic rings. The van der Waals surface area contributed by atoms with Gasteiger partial charge in [0.2, 0.25) is 5.91 Å². The largest absolute Gasteiger partial charge is 0.504 e. The zero-order chi connectivity index (χ0) is 20.7. The second-order valence-electron chi connectivity index (χ2n) is 7.49. The fraction of sp³-hybridized carbons (Fsp3) is 0.304. The molecular weight excluding hydrogens is 390 g/mol. The van der Waals surface area contributed by atoms with Crippen LogP contribution in [0.1, 0.15) is 42.7 Å². The van der Waals surface area contributed by atoms with E-state index in [-0.39, 0.29) is 29.8 Å². The maximum atomic E-state index is 13.3. The average molecular weight is 412 g/mol. The van der Waals surface area contributed by atoms with Crippen molar-refractivity contribution in [1.29, 1.82) is 0 Å². The molecule has 1 aliphatic heterocycles. The topological polar surface area (TPSA) is 66.8 Å². The smallest absolute Gasteiger partial charge is 0.232 e. The van der Waals surface area contributed by atoms with Crippen LogP contribution in [-0.4, -0.2) is 23.9 Å². The summed E-state index contributed by atoms with van der Waals surface area (Å²) in [6.07, 6.45) is 2.02. The van der Waals surface area contributed by atoms with Gasteiger partial charge in [0.05, 0.1) is 12.8 Å². The number of benzene rings is 2. The van der Waals surface area contributed by atoms with Crippen molar-refractivity contribution in [3.05, 3.63) is 63.8 Å². The molecule has 1 aliphatic carbocycles. The van der Waals surface area contributed by atoms with Crippen LogP contribution in [-0.2, 0) is 9.59 Å². The Hall–Kier alpha value is -2.79. The number of anilines is 1. The molecule has 0 aromatic heterocycles. The van der Waals surface area contributed by atoms with Gasteiger partial charge in [-0.15, -0.1) is 0 Å². The van der Waals surface area contributed by atoms with Crippen LogP contribution in [0.5, 0.6) is 11.5 Å². The van der Waals surface area contributed by atoms with Crippen LogP contribution in [0.25, 0.3) is 0 Å². The highest BCUT2D eigenvalue weighted by Crippen LogP contribution is 2.45. The first-order valence-corrected chi connectivity index (χ1v) is 10.0. The van der Waals surface area contributed by atoms with Crippen LogP contribution in [0.2, 0.25) is 5.02 Å². The number of carbonyl (C=O) groups excluding carboxylic acids is 2. The Morgan fingerprint density at radius 1 is 1.14 bits per heavy atom. The van der Waals surface area contributed by atoms with Gasteiger partial charge in [-0.05, 0) is 55.2 Å². The number of phenolic OH excluding ortho intramolecular Hbond substituents is 1. The highest BCUT2D eigenvalue weighted by Gasteiger charge is 2.40. The highest BCUT2D eigenvalue weighted by molar-refractivity contribution is 6.31. The van der Waals surface area contributed by atoms with Crippen LogP contribution in [0, 0.1) is 6.92 Å². The van der Waals surface area contributed by atoms with Gasteiger partial charge in [-0.3, -0.25) is 14.5 Å². The van der Waals surface area contributed by atoms with Crippen LogP contribution >= 0.6 is 11.6 Å². The van der Waals surface area contributed by atoms with E-state index >= 15 is 0 Å². The molecule has 0 bridgehead atoms. The quantitative estimate of drug-likeness (QED) is 0.780. The van der Waals surface area contributed by atoms with Crippen molar-refractivity contribution in [2.45, 2.75) is 38.5 Å². The van der Waals surface area contributed by atoms with Crippen molar-refractivity contribution in [2.24, 2.45) is 0 Å². The first-order valence-electron chi connectivity index (χ1n) is 9.63. The molecule has 0 saturated carbocycles. The maximum absolute atomic E-state index is 13.3. The summed E-state index contributed by atoms with van der Waals surface area (Å²) in [5.74, 6) is 0.00378. The number of hydrogen-bond acceptors (Lipinski definition) is 4. The van der Waals surface area contributed by atoms with E-state index in [4.69, 9.17) is 16.3 Å². The van der Waals surface area contributed by atoms with Crippen molar-refractivity contribution < 1.29 is 19.4 Å². The van der Waals surface area contributed by atoms with E-state index in [1.807, 2.05) is 13.0 Å². The number of phenols is 1. The van der Waals surface area contributed by atoms with Crippen LogP contribution in [0.4, 0.5) is 5.69 Å². The van der Waals surface area contributed by atoms with Gasteiger partial charge in [-0.25, -0.2) is 0 Å². The minimum absolute atomic E-state index is 0.0266. The zero-order valence-corrected chi connectivity index (χ0v) is 17.1. The Morgan fingerprint density at radius 2 is 1.93 bits per heavy atom. The fourth-order valence-corrected chi connectivity index (χ4v) is 4.46. The molecule has 2 aromatic carbocycles. The number of carbonyl (C=O) groups is 2. The summed E-state index contributed by atoms with van der Waals surface area (Å²) in [4.78, 5) is 27.9. The van der Waals surface area contributed by atoms with E-state index in [0.29, 0.717) is 35.6 Å². The molecule has 5 nitrogen and oxygen atoms in total. The second-order valence-corrected chi connectivity index (χ2v) is 7.92. The van der Waals surface area contributed by atoms with Crippen LogP contribution in [0.15, 0.2) is 47.7 Å². The van der Waals surface area contributed by atoms with E-state index in [9.17, 15) is 14.7 Å². The number of amides is 1. The molecule has 1 atom stereocenters. The molecule has 1 N–H and O–H groups in total. The van der Waals surface area contributed by atoms with Gasteiger partial charge in [0.1, 0.15) is 0 Å². The lowest BCUT2D eigenvalue weighted by Gasteiger charge is -2.39. The Balaban J connectivity index is 1.88. The number of ketones is 1. The van der Waals surface area contributed by atoms with Gasteiger partial charge in [0, 0.05) is 35.1 Å². The van der Waals surface area contributed by atoms with Crippen molar-refractivity contribution in [2.75, 3.05) is 12.0 Å². The van der Waals surface area contributed by atoms with E-state index in [1.54, 1.807) is 35.2 Å². The first-order chi connectivity index (χ1) is 13.9. The number of Topliss-reactive ketones (excluding diaryl/α,β-unsaturated/α-hetero) is 1. The minimum Gasteiger partial charge on any atom is -0.504 e. The Labute approximate surface area is 174 Å². The molecule has 1 amide bonds. The van der Waals surface area contributed by atoms with E-state index in [2.05, 4.69) is 0 Å². The lowest BCUT2D eigenvalue weighted by molar-refractivity contribution is -0.119. The molecule has 4 rings (SSSR count). The van der Waals surface area contributed by atoms with Gasteiger partial charge < -0.3 is 9.84 Å². The number of halogens is 1. The lowest BCUT2D eigenvalue weighted by atomic mass is 9.77. The third kappa shape index (κ3) is 3.40. The summed E-state index contributed by atoms with van der Waals surface area (Å²) in [5, 5.41) is 10.5. The highest BCUT2D eigenvalue weighted by atomic mass is 35.5. The van der Waals surface area contributed by atoms with E-state index < -0.39 is 0 Å². The molecule has 2 aromatic rings. The van der Waals surface area contributed by atoms with Gasteiger partial charge >= 0.3 is 0 Å². The van der Waals surface area contributed by atoms with Crippen molar-refractivity contribution in [3.8, 4) is 11.5 Å². The number of hydrogen-bond donors (Lipinski definition) is 1. The lowest BCUT2D eigenvalue weighted by Crippen LogP contribution is -2.40. The van der Waals surface area contributed by atoms with Gasteiger partial charge in [-0.1, -0.05) is 23.7 Å².